The number of carboxylic acid groups (broad SMARTS) is 1. The summed E-state index contributed by atoms with van der Waals surface area (Å²) in [7, 11) is 0. The van der Waals surface area contributed by atoms with E-state index < -0.39 is 12.0 Å². The van der Waals surface area contributed by atoms with E-state index in [1.807, 2.05) is 6.92 Å². The fourth-order valence-corrected chi connectivity index (χ4v) is 2.67. The molecule has 0 aromatic carbocycles. The number of hydrogen-bond donors (Lipinski definition) is 3. The maximum absolute atomic E-state index is 12.0. The zero-order valence-electron chi connectivity index (χ0n) is 11.3. The lowest BCUT2D eigenvalue weighted by Crippen LogP contribution is -2.42. The number of hydrogen-bond acceptors (Lipinski definition) is 6. The molecule has 2 heterocycles. The number of fused-ring (bicyclic) bond motifs is 1. The number of rotatable bonds is 6. The number of carbonyl (C=O) groups excluding carboxylic acids is 1. The van der Waals surface area contributed by atoms with Crippen molar-refractivity contribution in [3.8, 4) is 5.75 Å². The highest BCUT2D eigenvalue weighted by atomic mass is 32.1. The number of amides is 1. The van der Waals surface area contributed by atoms with E-state index in [1.54, 1.807) is 18.3 Å². The Bertz CT molecular complexity index is 670. The highest BCUT2D eigenvalue weighted by Crippen LogP contribution is 2.32. The van der Waals surface area contributed by atoms with Gasteiger partial charge in [-0.25, -0.2) is 0 Å². The summed E-state index contributed by atoms with van der Waals surface area (Å²) in [5.74, 6) is -0.863. The normalized spacial score (nSPS) is 12.1. The van der Waals surface area contributed by atoms with Gasteiger partial charge in [-0.2, -0.15) is 0 Å². The molecule has 2 aromatic heterocycles. The number of ether oxygens (including phenoxy) is 1. The summed E-state index contributed by atoms with van der Waals surface area (Å²) in [4.78, 5) is 27.2. The number of nitrogens with two attached hydrogens (primary N) is 1. The minimum Gasteiger partial charge on any atom is -0.492 e. The summed E-state index contributed by atoms with van der Waals surface area (Å²) in [6.07, 6.45) is 1.61. The van der Waals surface area contributed by atoms with Crippen LogP contribution in [0.5, 0.6) is 5.75 Å². The van der Waals surface area contributed by atoms with E-state index in [0.29, 0.717) is 22.8 Å². The maximum atomic E-state index is 12.0. The largest absolute Gasteiger partial charge is 0.492 e. The average Bonchev–Trinajstić information content (AvgIpc) is 2.89. The van der Waals surface area contributed by atoms with Crippen molar-refractivity contribution in [3.63, 3.8) is 0 Å². The molecule has 0 saturated heterocycles. The smallest absolute Gasteiger partial charge is 0.322 e. The lowest BCUT2D eigenvalue weighted by molar-refractivity contribution is -0.138. The molecule has 0 saturated carbocycles. The number of aromatic nitrogens is 1. The van der Waals surface area contributed by atoms with Crippen LogP contribution in [0.2, 0.25) is 0 Å². The first-order valence-electron chi connectivity index (χ1n) is 6.30. The predicted molar refractivity (Wildman–Crippen MR) is 78.7 cm³/mol. The van der Waals surface area contributed by atoms with Crippen LogP contribution in [0.1, 0.15) is 16.6 Å². The zero-order valence-corrected chi connectivity index (χ0v) is 12.1. The Hall–Kier alpha value is -2.19. The van der Waals surface area contributed by atoms with Gasteiger partial charge in [0, 0.05) is 12.7 Å². The second kappa shape index (κ2) is 6.51. The monoisotopic (exact) mass is 309 g/mol. The van der Waals surface area contributed by atoms with E-state index in [2.05, 4.69) is 10.3 Å². The topological polar surface area (TPSA) is 115 Å². The second-order valence-corrected chi connectivity index (χ2v) is 5.27. The van der Waals surface area contributed by atoms with Gasteiger partial charge >= 0.3 is 5.97 Å². The molecule has 0 aliphatic rings. The summed E-state index contributed by atoms with van der Waals surface area (Å²) in [6.45, 7) is 2.26. The van der Waals surface area contributed by atoms with Crippen molar-refractivity contribution in [2.75, 3.05) is 13.2 Å². The standard InChI is InChI=1S/C13H15N3O4S/c1-2-20-9-3-4-15-8-5-10(21-11(8)9)12(17)16-6-7(14)13(18)19/h3-5,7H,2,6,14H2,1H3,(H,16,17)(H,18,19). The molecule has 1 amide bonds. The van der Waals surface area contributed by atoms with Crippen molar-refractivity contribution in [2.24, 2.45) is 5.73 Å². The molecule has 0 aliphatic carbocycles. The second-order valence-electron chi connectivity index (χ2n) is 4.22. The number of carboxylic acids is 1. The van der Waals surface area contributed by atoms with E-state index in [1.165, 1.54) is 11.3 Å². The third kappa shape index (κ3) is 3.47. The van der Waals surface area contributed by atoms with Crippen LogP contribution in [-0.4, -0.2) is 41.2 Å². The zero-order chi connectivity index (χ0) is 15.4. The molecular weight excluding hydrogens is 294 g/mol. The van der Waals surface area contributed by atoms with Crippen LogP contribution < -0.4 is 15.8 Å². The Morgan fingerprint density at radius 2 is 2.33 bits per heavy atom. The van der Waals surface area contributed by atoms with Crippen molar-refractivity contribution in [3.05, 3.63) is 23.2 Å². The number of thiophene rings is 1. The SMILES string of the molecule is CCOc1ccnc2cc(C(=O)NCC(N)C(=O)O)sc12. The third-order valence-corrected chi connectivity index (χ3v) is 3.84. The van der Waals surface area contributed by atoms with Gasteiger partial charge in [0.25, 0.3) is 5.91 Å². The summed E-state index contributed by atoms with van der Waals surface area (Å²) in [5.41, 5.74) is 6.00. The molecule has 7 nitrogen and oxygen atoms in total. The molecular formula is C13H15N3O4S. The molecule has 8 heteroatoms. The molecule has 0 spiro atoms. The number of pyridine rings is 1. The van der Waals surface area contributed by atoms with Crippen LogP contribution in [0.4, 0.5) is 0 Å². The third-order valence-electron chi connectivity index (χ3n) is 2.70. The Balaban J connectivity index is 2.17. The van der Waals surface area contributed by atoms with Crippen molar-refractivity contribution in [1.29, 1.82) is 0 Å². The van der Waals surface area contributed by atoms with Crippen LogP contribution in [0.3, 0.4) is 0 Å². The van der Waals surface area contributed by atoms with Crippen LogP contribution in [-0.2, 0) is 4.79 Å². The molecule has 1 unspecified atom stereocenters. The van der Waals surface area contributed by atoms with Gasteiger partial charge in [-0.1, -0.05) is 0 Å². The summed E-state index contributed by atoms with van der Waals surface area (Å²) in [6, 6.07) is 2.26. The van der Waals surface area contributed by atoms with Gasteiger partial charge < -0.3 is 20.9 Å². The minimum absolute atomic E-state index is 0.131. The van der Waals surface area contributed by atoms with Crippen LogP contribution in [0, 0.1) is 0 Å². The van der Waals surface area contributed by atoms with Gasteiger partial charge in [0.05, 0.1) is 21.7 Å². The Labute approximate surface area is 124 Å². The van der Waals surface area contributed by atoms with E-state index in [0.717, 1.165) is 4.70 Å². The summed E-state index contributed by atoms with van der Waals surface area (Å²) >= 11 is 1.24. The molecule has 4 N–H and O–H groups in total. The lowest BCUT2D eigenvalue weighted by Gasteiger charge is -2.06. The Morgan fingerprint density at radius 3 is 3.00 bits per heavy atom. The average molecular weight is 309 g/mol. The van der Waals surface area contributed by atoms with E-state index in [9.17, 15) is 9.59 Å². The predicted octanol–water partition coefficient (Wildman–Crippen LogP) is 0.837. The number of carbonyl (C=O) groups is 2. The molecule has 112 valence electrons. The highest BCUT2D eigenvalue weighted by Gasteiger charge is 2.16. The van der Waals surface area contributed by atoms with Crippen LogP contribution in [0.25, 0.3) is 10.2 Å². The van der Waals surface area contributed by atoms with Crippen molar-refractivity contribution in [1.82, 2.24) is 10.3 Å². The van der Waals surface area contributed by atoms with E-state index >= 15 is 0 Å². The first kappa shape index (κ1) is 15.2. The fourth-order valence-electron chi connectivity index (χ4n) is 1.67. The summed E-state index contributed by atoms with van der Waals surface area (Å²) < 4.78 is 6.27. The van der Waals surface area contributed by atoms with Gasteiger partial charge in [0.1, 0.15) is 11.8 Å². The molecule has 0 aliphatic heterocycles. The maximum Gasteiger partial charge on any atom is 0.322 e. The first-order valence-corrected chi connectivity index (χ1v) is 7.12. The first-order chi connectivity index (χ1) is 10.0. The van der Waals surface area contributed by atoms with Gasteiger partial charge in [-0.05, 0) is 19.1 Å². The van der Waals surface area contributed by atoms with Crippen molar-refractivity contribution >= 4 is 33.4 Å². The van der Waals surface area contributed by atoms with Crippen LogP contribution >= 0.6 is 11.3 Å². The fraction of sp³-hybridized carbons (Fsp3) is 0.308. The molecule has 0 bridgehead atoms. The molecule has 0 radical (unpaired) electrons. The molecule has 2 aromatic rings. The Kier molecular flexibility index (Phi) is 4.71. The number of nitrogens with zero attached hydrogens (tertiary/aromatic N) is 1. The molecule has 21 heavy (non-hydrogen) atoms. The van der Waals surface area contributed by atoms with Gasteiger partial charge in [-0.15, -0.1) is 11.3 Å². The number of nitrogens with one attached hydrogen (secondary N) is 1. The lowest BCUT2D eigenvalue weighted by atomic mass is 10.3. The highest BCUT2D eigenvalue weighted by molar-refractivity contribution is 7.21. The molecule has 1 atom stereocenters. The van der Waals surface area contributed by atoms with E-state index in [4.69, 9.17) is 15.6 Å². The number of aliphatic carboxylic acids is 1. The van der Waals surface area contributed by atoms with Gasteiger partial charge in [-0.3, -0.25) is 14.6 Å². The van der Waals surface area contributed by atoms with Crippen molar-refractivity contribution in [2.45, 2.75) is 13.0 Å². The van der Waals surface area contributed by atoms with Crippen molar-refractivity contribution < 1.29 is 19.4 Å². The minimum atomic E-state index is -1.16. The quantitative estimate of drug-likeness (QED) is 0.728. The Morgan fingerprint density at radius 1 is 1.57 bits per heavy atom. The molecule has 0 fully saturated rings. The van der Waals surface area contributed by atoms with E-state index in [-0.39, 0.29) is 12.5 Å². The van der Waals surface area contributed by atoms with Gasteiger partial charge in [0.15, 0.2) is 0 Å². The molecule has 2 rings (SSSR count). The summed E-state index contributed by atoms with van der Waals surface area (Å²) in [5, 5.41) is 11.2. The van der Waals surface area contributed by atoms with Crippen LogP contribution in [0.15, 0.2) is 18.3 Å². The van der Waals surface area contributed by atoms with Gasteiger partial charge in [0.2, 0.25) is 0 Å².